The van der Waals surface area contributed by atoms with E-state index < -0.39 is 0 Å². The maximum absolute atomic E-state index is 13.4. The number of fused-ring (bicyclic) bond motifs is 4. The van der Waals surface area contributed by atoms with Crippen molar-refractivity contribution in [2.45, 2.75) is 13.5 Å². The number of benzene rings is 2. The summed E-state index contributed by atoms with van der Waals surface area (Å²) in [4.78, 5) is 13.2. The number of aryl methyl sites for hydroxylation is 1. The van der Waals surface area contributed by atoms with Gasteiger partial charge in [0.2, 0.25) is 0 Å². The van der Waals surface area contributed by atoms with E-state index in [2.05, 4.69) is 15.3 Å². The van der Waals surface area contributed by atoms with E-state index in [9.17, 15) is 9.18 Å². The molecule has 164 valence electrons. The van der Waals surface area contributed by atoms with Gasteiger partial charge < -0.3 is 14.0 Å². The molecule has 0 saturated carbocycles. The van der Waals surface area contributed by atoms with E-state index >= 15 is 0 Å². The summed E-state index contributed by atoms with van der Waals surface area (Å²) in [6, 6.07) is 13.6. The zero-order valence-corrected chi connectivity index (χ0v) is 17.7. The van der Waals surface area contributed by atoms with Crippen LogP contribution in [0.15, 0.2) is 59.5 Å². The van der Waals surface area contributed by atoms with Crippen LogP contribution in [0.3, 0.4) is 0 Å². The summed E-state index contributed by atoms with van der Waals surface area (Å²) in [7, 11) is 0. The Hall–Kier alpha value is -4.27. The van der Waals surface area contributed by atoms with Crippen LogP contribution >= 0.6 is 0 Å². The van der Waals surface area contributed by atoms with Crippen LogP contribution in [0, 0.1) is 12.7 Å². The number of pyridine rings is 1. The molecule has 9 heteroatoms. The van der Waals surface area contributed by atoms with Crippen molar-refractivity contribution >= 4 is 16.7 Å². The van der Waals surface area contributed by atoms with E-state index in [1.807, 2.05) is 25.1 Å². The molecule has 8 nitrogen and oxygen atoms in total. The lowest BCUT2D eigenvalue weighted by molar-refractivity contribution is 0.171. The van der Waals surface area contributed by atoms with Crippen LogP contribution in [-0.2, 0) is 6.54 Å². The molecule has 0 radical (unpaired) electrons. The predicted octanol–water partition coefficient (Wildman–Crippen LogP) is 3.37. The maximum Gasteiger partial charge on any atom is 0.280 e. The molecule has 2 aromatic carbocycles. The smallest absolute Gasteiger partial charge is 0.280 e. The van der Waals surface area contributed by atoms with Gasteiger partial charge in [0.05, 0.1) is 17.8 Å². The first-order chi connectivity index (χ1) is 16.1. The SMILES string of the molecule is Cc1nn2c(nnc3c(=O)n(Cc4ccc5c(c4)OCCO5)ccc32)c1-c1ccc(F)cc1. The molecule has 4 heterocycles. The molecular weight excluding hydrogens is 425 g/mol. The first-order valence-corrected chi connectivity index (χ1v) is 10.5. The lowest BCUT2D eigenvalue weighted by atomic mass is 10.1. The summed E-state index contributed by atoms with van der Waals surface area (Å²) in [5, 5.41) is 13.1. The van der Waals surface area contributed by atoms with Gasteiger partial charge in [-0.1, -0.05) is 18.2 Å². The summed E-state index contributed by atoms with van der Waals surface area (Å²) in [6.07, 6.45) is 1.72. The molecular formula is C24H18FN5O3. The van der Waals surface area contributed by atoms with Crippen LogP contribution < -0.4 is 15.0 Å². The van der Waals surface area contributed by atoms with E-state index in [4.69, 9.17) is 9.47 Å². The highest BCUT2D eigenvalue weighted by Crippen LogP contribution is 2.31. The predicted molar refractivity (Wildman–Crippen MR) is 119 cm³/mol. The normalized spacial score (nSPS) is 13.0. The second-order valence-electron chi connectivity index (χ2n) is 7.86. The van der Waals surface area contributed by atoms with Crippen molar-refractivity contribution in [2.24, 2.45) is 0 Å². The number of aromatic nitrogens is 5. The molecule has 3 aromatic heterocycles. The molecule has 0 amide bonds. The third-order valence-corrected chi connectivity index (χ3v) is 5.72. The molecule has 33 heavy (non-hydrogen) atoms. The zero-order chi connectivity index (χ0) is 22.5. The summed E-state index contributed by atoms with van der Waals surface area (Å²) in [5.41, 5.74) is 4.17. The molecule has 5 aromatic rings. The molecule has 1 aliphatic rings. The minimum atomic E-state index is -0.317. The van der Waals surface area contributed by atoms with Gasteiger partial charge >= 0.3 is 0 Å². The van der Waals surface area contributed by atoms with Gasteiger partial charge in [-0.25, -0.2) is 8.91 Å². The van der Waals surface area contributed by atoms with Crippen molar-refractivity contribution in [3.63, 3.8) is 0 Å². The minimum absolute atomic E-state index is 0.218. The Morgan fingerprint density at radius 2 is 1.79 bits per heavy atom. The quantitative estimate of drug-likeness (QED) is 0.425. The molecule has 6 rings (SSSR count). The van der Waals surface area contributed by atoms with Gasteiger partial charge in [-0.3, -0.25) is 4.79 Å². The Morgan fingerprint density at radius 1 is 1.00 bits per heavy atom. The van der Waals surface area contributed by atoms with Gasteiger partial charge in [-0.2, -0.15) is 5.10 Å². The second kappa shape index (κ2) is 7.40. The average molecular weight is 443 g/mol. The van der Waals surface area contributed by atoms with Crippen LogP contribution in [0.25, 0.3) is 27.8 Å². The molecule has 0 N–H and O–H groups in total. The van der Waals surface area contributed by atoms with Crippen molar-refractivity contribution in [3.05, 3.63) is 82.2 Å². The topological polar surface area (TPSA) is 83.5 Å². The fourth-order valence-corrected chi connectivity index (χ4v) is 4.15. The highest BCUT2D eigenvalue weighted by molar-refractivity contribution is 5.84. The molecule has 0 bridgehead atoms. The Bertz CT molecular complexity index is 1590. The van der Waals surface area contributed by atoms with Crippen LogP contribution in [0.2, 0.25) is 0 Å². The number of ether oxygens (including phenoxy) is 2. The number of rotatable bonds is 3. The molecule has 0 atom stereocenters. The van der Waals surface area contributed by atoms with Gasteiger partial charge in [0.1, 0.15) is 24.5 Å². The summed E-state index contributed by atoms with van der Waals surface area (Å²) in [6.45, 7) is 3.23. The van der Waals surface area contributed by atoms with Crippen LogP contribution in [0.4, 0.5) is 4.39 Å². The summed E-state index contributed by atoms with van der Waals surface area (Å²) in [5.74, 6) is 1.06. The summed E-state index contributed by atoms with van der Waals surface area (Å²) < 4.78 is 27.8. The van der Waals surface area contributed by atoms with Crippen molar-refractivity contribution in [2.75, 3.05) is 13.2 Å². The third-order valence-electron chi connectivity index (χ3n) is 5.72. The average Bonchev–Trinajstić information content (AvgIpc) is 3.17. The fraction of sp³-hybridized carbons (Fsp3) is 0.167. The molecule has 0 spiro atoms. The van der Waals surface area contributed by atoms with Crippen molar-refractivity contribution in [1.82, 2.24) is 24.4 Å². The van der Waals surface area contributed by atoms with Gasteiger partial charge in [0.25, 0.3) is 5.56 Å². The molecule has 0 aliphatic carbocycles. The standard InChI is InChI=1S/C24H18FN5O3/c1-14-21(16-3-5-17(25)6-4-16)23-27-26-22-18(30(23)28-14)8-9-29(24(22)31)13-15-2-7-19-20(12-15)33-11-10-32-19/h2-9,12H,10-11,13H2,1H3. The molecule has 0 unspecified atom stereocenters. The Kier molecular flexibility index (Phi) is 4.36. The zero-order valence-electron chi connectivity index (χ0n) is 17.7. The Balaban J connectivity index is 1.43. The molecule has 1 aliphatic heterocycles. The van der Waals surface area contributed by atoms with Gasteiger partial charge in [-0.05, 0) is 48.4 Å². The van der Waals surface area contributed by atoms with Gasteiger partial charge in [0.15, 0.2) is 22.7 Å². The fourth-order valence-electron chi connectivity index (χ4n) is 4.15. The minimum Gasteiger partial charge on any atom is -0.486 e. The van der Waals surface area contributed by atoms with E-state index in [-0.39, 0.29) is 16.9 Å². The van der Waals surface area contributed by atoms with Crippen LogP contribution in [-0.4, -0.2) is 37.6 Å². The van der Waals surface area contributed by atoms with Gasteiger partial charge in [-0.15, -0.1) is 10.2 Å². The molecule has 0 saturated heterocycles. The first kappa shape index (κ1) is 19.4. The lowest BCUT2D eigenvalue weighted by Gasteiger charge is -2.19. The highest BCUT2D eigenvalue weighted by atomic mass is 19.1. The summed E-state index contributed by atoms with van der Waals surface area (Å²) >= 11 is 0. The van der Waals surface area contributed by atoms with Crippen LogP contribution in [0.1, 0.15) is 11.3 Å². The van der Waals surface area contributed by atoms with E-state index in [0.29, 0.717) is 48.1 Å². The molecule has 0 fully saturated rings. The van der Waals surface area contributed by atoms with Crippen molar-refractivity contribution < 1.29 is 13.9 Å². The van der Waals surface area contributed by atoms with Crippen LogP contribution in [0.5, 0.6) is 11.5 Å². The number of hydrogen-bond donors (Lipinski definition) is 0. The largest absolute Gasteiger partial charge is 0.486 e. The first-order valence-electron chi connectivity index (χ1n) is 10.5. The second-order valence-corrected chi connectivity index (χ2v) is 7.86. The maximum atomic E-state index is 13.4. The Morgan fingerprint density at radius 3 is 2.61 bits per heavy atom. The van der Waals surface area contributed by atoms with Crippen molar-refractivity contribution in [3.8, 4) is 22.6 Å². The number of nitrogens with zero attached hydrogens (tertiary/aromatic N) is 5. The highest BCUT2D eigenvalue weighted by Gasteiger charge is 2.18. The number of halogens is 1. The van der Waals surface area contributed by atoms with E-state index in [0.717, 1.165) is 16.7 Å². The lowest BCUT2D eigenvalue weighted by Crippen LogP contribution is -2.22. The monoisotopic (exact) mass is 443 g/mol. The Labute approximate surface area is 186 Å². The van der Waals surface area contributed by atoms with Crippen molar-refractivity contribution in [1.29, 1.82) is 0 Å². The van der Waals surface area contributed by atoms with E-state index in [1.165, 1.54) is 12.1 Å². The van der Waals surface area contributed by atoms with Gasteiger partial charge in [0, 0.05) is 6.20 Å². The third kappa shape index (κ3) is 3.20. The number of hydrogen-bond acceptors (Lipinski definition) is 6. The van der Waals surface area contributed by atoms with E-state index in [1.54, 1.807) is 33.5 Å².